The van der Waals surface area contributed by atoms with Crippen molar-refractivity contribution < 1.29 is 4.52 Å². The van der Waals surface area contributed by atoms with Gasteiger partial charge in [0.2, 0.25) is 0 Å². The minimum Gasteiger partial charge on any atom is -0.361 e. The molecule has 5 nitrogen and oxygen atoms in total. The normalized spacial score (nSPS) is 12.9. The molecule has 0 saturated heterocycles. The van der Waals surface area contributed by atoms with Gasteiger partial charge in [0.15, 0.2) is 5.96 Å². The molecule has 0 fully saturated rings. The SMILES string of the molecule is CCNC(=NCC(C)c1c(C)noc1C)NCCSc1ccc(Cl)cc1. The number of halogens is 1. The fourth-order valence-electron chi connectivity index (χ4n) is 2.72. The Morgan fingerprint density at radius 3 is 2.62 bits per heavy atom. The molecular weight excluding hydrogens is 368 g/mol. The van der Waals surface area contributed by atoms with Gasteiger partial charge in [-0.15, -0.1) is 11.8 Å². The van der Waals surface area contributed by atoms with Gasteiger partial charge in [0.25, 0.3) is 0 Å². The number of guanidine groups is 1. The van der Waals surface area contributed by atoms with Crippen LogP contribution < -0.4 is 10.6 Å². The van der Waals surface area contributed by atoms with Crippen LogP contribution in [0.5, 0.6) is 0 Å². The predicted molar refractivity (Wildman–Crippen MR) is 111 cm³/mol. The van der Waals surface area contributed by atoms with E-state index in [9.17, 15) is 0 Å². The summed E-state index contributed by atoms with van der Waals surface area (Å²) in [5.41, 5.74) is 2.10. The zero-order chi connectivity index (χ0) is 18.9. The number of aromatic nitrogens is 1. The molecule has 0 amide bonds. The Labute approximate surface area is 165 Å². The summed E-state index contributed by atoms with van der Waals surface area (Å²) in [4.78, 5) is 5.92. The molecule has 0 spiro atoms. The average Bonchev–Trinajstić information content (AvgIpc) is 2.96. The minimum atomic E-state index is 0.264. The monoisotopic (exact) mass is 394 g/mol. The van der Waals surface area contributed by atoms with Gasteiger partial charge < -0.3 is 15.2 Å². The van der Waals surface area contributed by atoms with Crippen molar-refractivity contribution in [2.24, 2.45) is 4.99 Å². The molecular formula is C19H27ClN4OS. The number of rotatable bonds is 8. The highest BCUT2D eigenvalue weighted by atomic mass is 35.5. The standard InChI is InChI=1S/C19H27ClN4OS/c1-5-21-19(22-10-11-26-17-8-6-16(20)7-9-17)23-12-13(2)18-14(3)24-25-15(18)4/h6-9,13H,5,10-12H2,1-4H3,(H2,21,22,23). The second kappa shape index (κ2) is 10.5. The molecule has 0 aliphatic rings. The lowest BCUT2D eigenvalue weighted by molar-refractivity contribution is 0.391. The lowest BCUT2D eigenvalue weighted by Gasteiger charge is -2.13. The summed E-state index contributed by atoms with van der Waals surface area (Å²) in [6, 6.07) is 7.91. The molecule has 0 bridgehead atoms. The zero-order valence-corrected chi connectivity index (χ0v) is 17.4. The molecule has 7 heteroatoms. The van der Waals surface area contributed by atoms with Gasteiger partial charge in [0, 0.05) is 46.8 Å². The number of benzene rings is 1. The number of nitrogens with zero attached hydrogens (tertiary/aromatic N) is 2. The molecule has 1 heterocycles. The summed E-state index contributed by atoms with van der Waals surface area (Å²) < 4.78 is 5.26. The molecule has 2 aromatic rings. The van der Waals surface area contributed by atoms with Crippen LogP contribution in [-0.4, -0.2) is 36.5 Å². The number of aryl methyl sites for hydroxylation is 2. The molecule has 0 aliphatic heterocycles. The number of hydrogen-bond donors (Lipinski definition) is 2. The first kappa shape index (κ1) is 20.6. The van der Waals surface area contributed by atoms with Crippen molar-refractivity contribution in [3.8, 4) is 0 Å². The van der Waals surface area contributed by atoms with Gasteiger partial charge in [-0.2, -0.15) is 0 Å². The van der Waals surface area contributed by atoms with Crippen molar-refractivity contribution >= 4 is 29.3 Å². The molecule has 0 saturated carbocycles. The molecule has 26 heavy (non-hydrogen) atoms. The number of nitrogens with one attached hydrogen (secondary N) is 2. The number of thioether (sulfide) groups is 1. The zero-order valence-electron chi connectivity index (χ0n) is 15.8. The maximum absolute atomic E-state index is 5.91. The first-order valence-corrected chi connectivity index (χ1v) is 10.2. The molecule has 1 unspecified atom stereocenters. The third-order valence-corrected chi connectivity index (χ3v) is 5.19. The average molecular weight is 395 g/mol. The third-order valence-electron chi connectivity index (χ3n) is 3.93. The van der Waals surface area contributed by atoms with E-state index in [1.165, 1.54) is 4.90 Å². The van der Waals surface area contributed by atoms with Crippen molar-refractivity contribution in [2.45, 2.75) is 38.5 Å². The third kappa shape index (κ3) is 6.25. The molecule has 1 aromatic carbocycles. The van der Waals surface area contributed by atoms with Crippen LogP contribution in [0, 0.1) is 13.8 Å². The summed E-state index contributed by atoms with van der Waals surface area (Å²) in [5.74, 6) is 2.93. The number of aliphatic imine (C=N–C) groups is 1. The van der Waals surface area contributed by atoms with E-state index in [2.05, 4.69) is 29.6 Å². The van der Waals surface area contributed by atoms with E-state index in [1.54, 1.807) is 11.8 Å². The molecule has 0 radical (unpaired) electrons. The Bertz CT molecular complexity index is 695. The van der Waals surface area contributed by atoms with Crippen molar-refractivity contribution in [3.05, 3.63) is 46.3 Å². The van der Waals surface area contributed by atoms with Crippen LogP contribution in [0.4, 0.5) is 0 Å². The van der Waals surface area contributed by atoms with Crippen LogP contribution in [0.3, 0.4) is 0 Å². The summed E-state index contributed by atoms with van der Waals surface area (Å²) in [6.07, 6.45) is 0. The molecule has 1 aromatic heterocycles. The Kier molecular flexibility index (Phi) is 8.32. The highest BCUT2D eigenvalue weighted by Gasteiger charge is 2.16. The van der Waals surface area contributed by atoms with Crippen LogP contribution in [0.15, 0.2) is 38.7 Å². The van der Waals surface area contributed by atoms with Crippen molar-refractivity contribution in [1.29, 1.82) is 0 Å². The first-order chi connectivity index (χ1) is 12.5. The van der Waals surface area contributed by atoms with E-state index >= 15 is 0 Å². The lowest BCUT2D eigenvalue weighted by atomic mass is 10.00. The highest BCUT2D eigenvalue weighted by Crippen LogP contribution is 2.23. The first-order valence-electron chi connectivity index (χ1n) is 8.84. The van der Waals surface area contributed by atoms with E-state index in [4.69, 9.17) is 21.1 Å². The molecule has 2 rings (SSSR count). The van der Waals surface area contributed by atoms with Crippen LogP contribution in [0.2, 0.25) is 5.02 Å². The van der Waals surface area contributed by atoms with E-state index in [-0.39, 0.29) is 5.92 Å². The highest BCUT2D eigenvalue weighted by molar-refractivity contribution is 7.99. The maximum Gasteiger partial charge on any atom is 0.191 e. The van der Waals surface area contributed by atoms with Crippen molar-refractivity contribution in [3.63, 3.8) is 0 Å². The molecule has 0 aliphatic carbocycles. The summed E-state index contributed by atoms with van der Waals surface area (Å²) in [7, 11) is 0. The number of hydrogen-bond acceptors (Lipinski definition) is 4. The van der Waals surface area contributed by atoms with Gasteiger partial charge in [-0.3, -0.25) is 4.99 Å². The van der Waals surface area contributed by atoms with Crippen LogP contribution in [-0.2, 0) is 0 Å². The maximum atomic E-state index is 5.91. The Hall–Kier alpha value is -1.66. The Balaban J connectivity index is 1.83. The van der Waals surface area contributed by atoms with Crippen LogP contribution in [0.25, 0.3) is 0 Å². The second-order valence-corrected chi connectivity index (χ2v) is 7.69. The summed E-state index contributed by atoms with van der Waals surface area (Å²) in [5, 5.41) is 11.5. The lowest BCUT2D eigenvalue weighted by Crippen LogP contribution is -2.38. The quantitative estimate of drug-likeness (QED) is 0.301. The molecule has 142 valence electrons. The Morgan fingerprint density at radius 1 is 1.27 bits per heavy atom. The van der Waals surface area contributed by atoms with E-state index in [0.717, 1.165) is 46.8 Å². The topological polar surface area (TPSA) is 62.5 Å². The van der Waals surface area contributed by atoms with Crippen molar-refractivity contribution in [2.75, 3.05) is 25.4 Å². The van der Waals surface area contributed by atoms with Crippen LogP contribution in [0.1, 0.15) is 36.8 Å². The molecule has 2 N–H and O–H groups in total. The van der Waals surface area contributed by atoms with Gasteiger partial charge >= 0.3 is 0 Å². The van der Waals surface area contributed by atoms with Gasteiger partial charge in [-0.05, 0) is 45.0 Å². The van der Waals surface area contributed by atoms with Gasteiger partial charge in [0.05, 0.1) is 5.69 Å². The van der Waals surface area contributed by atoms with Gasteiger partial charge in [0.1, 0.15) is 5.76 Å². The largest absolute Gasteiger partial charge is 0.361 e. The van der Waals surface area contributed by atoms with E-state index in [1.807, 2.05) is 38.1 Å². The fourth-order valence-corrected chi connectivity index (χ4v) is 3.62. The van der Waals surface area contributed by atoms with Gasteiger partial charge in [-0.25, -0.2) is 0 Å². The van der Waals surface area contributed by atoms with Gasteiger partial charge in [-0.1, -0.05) is 23.7 Å². The predicted octanol–water partition coefficient (Wildman–Crippen LogP) is 4.40. The smallest absolute Gasteiger partial charge is 0.191 e. The summed E-state index contributed by atoms with van der Waals surface area (Å²) >= 11 is 7.70. The molecule has 1 atom stereocenters. The van der Waals surface area contributed by atoms with Crippen molar-refractivity contribution in [1.82, 2.24) is 15.8 Å². The Morgan fingerprint density at radius 2 is 2.00 bits per heavy atom. The van der Waals surface area contributed by atoms with E-state index < -0.39 is 0 Å². The summed E-state index contributed by atoms with van der Waals surface area (Å²) in [6.45, 7) is 10.5. The van der Waals surface area contributed by atoms with E-state index in [0.29, 0.717) is 6.54 Å². The minimum absolute atomic E-state index is 0.264. The van der Waals surface area contributed by atoms with Crippen LogP contribution >= 0.6 is 23.4 Å². The second-order valence-electron chi connectivity index (χ2n) is 6.09. The fraction of sp³-hybridized carbons (Fsp3) is 0.474.